The number of carbonyl (C=O) groups is 2. The molecule has 1 aliphatic rings. The first-order chi connectivity index (χ1) is 19.6. The number of phenolic OH excluding ortho intramolecular Hbond substituents is 1. The largest absolute Gasteiger partial charge is 0.508 e. The van der Waals surface area contributed by atoms with Gasteiger partial charge in [-0.3, -0.25) is 9.59 Å². The molecule has 1 aliphatic heterocycles. The summed E-state index contributed by atoms with van der Waals surface area (Å²) in [6, 6.07) is 18.3. The Kier molecular flexibility index (Phi) is 14.9. The highest BCUT2D eigenvalue weighted by Gasteiger charge is 2.15. The summed E-state index contributed by atoms with van der Waals surface area (Å²) in [5, 5.41) is 19.4. The number of aromatic hydroxyl groups is 1. The monoisotopic (exact) mass is 600 g/mol. The molecule has 41 heavy (non-hydrogen) atoms. The Hall–Kier alpha value is -3.42. The van der Waals surface area contributed by atoms with Gasteiger partial charge in [0.25, 0.3) is 0 Å². The molecule has 0 saturated heterocycles. The van der Waals surface area contributed by atoms with Gasteiger partial charge in [0.1, 0.15) is 17.4 Å². The summed E-state index contributed by atoms with van der Waals surface area (Å²) in [5.41, 5.74) is 3.30. The van der Waals surface area contributed by atoms with E-state index in [0.29, 0.717) is 24.0 Å². The number of halogens is 3. The average molecular weight is 601 g/mol. The van der Waals surface area contributed by atoms with E-state index in [1.807, 2.05) is 29.7 Å². The Morgan fingerprint density at radius 2 is 1.61 bits per heavy atom. The molecule has 0 unspecified atom stereocenters. The van der Waals surface area contributed by atoms with Crippen LogP contribution in [-0.2, 0) is 4.79 Å². The van der Waals surface area contributed by atoms with E-state index in [0.717, 1.165) is 42.2 Å². The van der Waals surface area contributed by atoms with Gasteiger partial charge in [-0.15, -0.1) is 11.8 Å². The Morgan fingerprint density at radius 3 is 2.17 bits per heavy atom. The van der Waals surface area contributed by atoms with Crippen molar-refractivity contribution in [2.75, 3.05) is 0 Å². The van der Waals surface area contributed by atoms with Crippen molar-refractivity contribution in [3.8, 4) is 5.75 Å². The molecule has 0 amide bonds. The topological polar surface area (TPSA) is 74.6 Å². The number of thioether (sulfide) groups is 1. The van der Waals surface area contributed by atoms with E-state index in [2.05, 4.69) is 19.1 Å². The van der Waals surface area contributed by atoms with Gasteiger partial charge >= 0.3 is 5.97 Å². The molecule has 4 rings (SSSR count). The van der Waals surface area contributed by atoms with Gasteiger partial charge in [0, 0.05) is 24.5 Å². The van der Waals surface area contributed by atoms with Gasteiger partial charge < -0.3 is 10.2 Å². The molecule has 0 aliphatic carbocycles. The number of ketones is 1. The summed E-state index contributed by atoms with van der Waals surface area (Å²) in [6.45, 7) is 3.68. The van der Waals surface area contributed by atoms with Gasteiger partial charge in [-0.25, -0.2) is 8.78 Å². The third-order valence-corrected chi connectivity index (χ3v) is 7.36. The maximum atomic E-state index is 13.6. The number of unbranched alkanes of at least 4 members (excludes halogenated alkanes) is 2. The van der Waals surface area contributed by atoms with Crippen LogP contribution in [0.5, 0.6) is 5.75 Å². The van der Waals surface area contributed by atoms with Crippen molar-refractivity contribution in [2.45, 2.75) is 58.8 Å². The Labute approximate surface area is 249 Å². The highest BCUT2D eigenvalue weighted by atomic mass is 35.5. The van der Waals surface area contributed by atoms with Crippen LogP contribution >= 0.6 is 23.4 Å². The minimum atomic E-state index is -0.745. The van der Waals surface area contributed by atoms with Crippen LogP contribution in [0.3, 0.4) is 0 Å². The Balaban J connectivity index is 0.000000406. The predicted molar refractivity (Wildman–Crippen MR) is 164 cm³/mol. The number of phenols is 1. The first-order valence-electron chi connectivity index (χ1n) is 13.4. The lowest BCUT2D eigenvalue weighted by Gasteiger charge is -2.17. The number of benzene rings is 3. The molecule has 3 aromatic carbocycles. The zero-order valence-corrected chi connectivity index (χ0v) is 24.8. The summed E-state index contributed by atoms with van der Waals surface area (Å²) in [7, 11) is 0. The van der Waals surface area contributed by atoms with Crippen molar-refractivity contribution in [3.05, 3.63) is 116 Å². The maximum Gasteiger partial charge on any atom is 0.303 e. The van der Waals surface area contributed by atoms with Crippen LogP contribution in [0.1, 0.15) is 73.4 Å². The molecule has 2 N–H and O–H groups in total. The SMILES string of the molecule is CCC(=O)O.Cc1ccccc1.O=C(CCCCCC1=C(c2cc(F)cc(F)c2)CC=CS1)c1ccc(O)cc1Cl. The second kappa shape index (κ2) is 18.1. The predicted octanol–water partition coefficient (Wildman–Crippen LogP) is 9.99. The molecule has 0 saturated carbocycles. The molecule has 0 radical (unpaired) electrons. The van der Waals surface area contributed by atoms with E-state index in [4.69, 9.17) is 16.7 Å². The number of hydrogen-bond donors (Lipinski definition) is 2. The van der Waals surface area contributed by atoms with Crippen LogP contribution in [0, 0.1) is 18.6 Å². The number of Topliss-reactive ketones (excluding diaryl/α,β-unsaturated/α-hetero) is 1. The molecule has 0 bridgehead atoms. The van der Waals surface area contributed by atoms with Crippen molar-refractivity contribution < 1.29 is 28.6 Å². The van der Waals surface area contributed by atoms with E-state index < -0.39 is 17.6 Å². The average Bonchev–Trinajstić information content (AvgIpc) is 2.93. The van der Waals surface area contributed by atoms with E-state index in [1.54, 1.807) is 24.8 Å². The highest BCUT2D eigenvalue weighted by molar-refractivity contribution is 8.06. The zero-order chi connectivity index (χ0) is 30.2. The van der Waals surface area contributed by atoms with Crippen LogP contribution in [0.2, 0.25) is 5.02 Å². The smallest absolute Gasteiger partial charge is 0.303 e. The van der Waals surface area contributed by atoms with Crippen LogP contribution in [0.25, 0.3) is 5.57 Å². The summed E-state index contributed by atoms with van der Waals surface area (Å²) < 4.78 is 27.2. The van der Waals surface area contributed by atoms with Gasteiger partial charge in [0.05, 0.1) is 5.02 Å². The minimum Gasteiger partial charge on any atom is -0.508 e. The van der Waals surface area contributed by atoms with Gasteiger partial charge in [0.15, 0.2) is 5.78 Å². The molecule has 0 atom stereocenters. The molecule has 0 aromatic heterocycles. The van der Waals surface area contributed by atoms with Crippen molar-refractivity contribution in [2.24, 2.45) is 0 Å². The maximum absolute atomic E-state index is 13.6. The first kappa shape index (κ1) is 33.8. The summed E-state index contributed by atoms with van der Waals surface area (Å²) in [4.78, 5) is 22.8. The van der Waals surface area contributed by atoms with Crippen molar-refractivity contribution in [1.82, 2.24) is 0 Å². The molecule has 0 spiro atoms. The van der Waals surface area contributed by atoms with Gasteiger partial charge in [-0.2, -0.15) is 0 Å². The second-order valence-electron chi connectivity index (χ2n) is 9.30. The lowest BCUT2D eigenvalue weighted by molar-refractivity contribution is -0.136. The molecular weight excluding hydrogens is 566 g/mol. The van der Waals surface area contributed by atoms with Crippen LogP contribution in [-0.4, -0.2) is 22.0 Å². The van der Waals surface area contributed by atoms with E-state index in [-0.39, 0.29) is 23.0 Å². The highest BCUT2D eigenvalue weighted by Crippen LogP contribution is 2.38. The Morgan fingerprint density at radius 1 is 0.951 bits per heavy atom. The molecule has 1 heterocycles. The fourth-order valence-electron chi connectivity index (χ4n) is 3.84. The molecule has 8 heteroatoms. The fraction of sp³-hybridized carbons (Fsp3) is 0.273. The number of carboxylic acids is 1. The number of aliphatic carboxylic acids is 1. The normalized spacial score (nSPS) is 12.1. The number of rotatable bonds is 9. The minimum absolute atomic E-state index is 0.0350. The third kappa shape index (κ3) is 12.7. The van der Waals surface area contributed by atoms with E-state index >= 15 is 0 Å². The summed E-state index contributed by atoms with van der Waals surface area (Å²) in [5.74, 6) is -1.89. The fourth-order valence-corrected chi connectivity index (χ4v) is 5.09. The van der Waals surface area contributed by atoms with Gasteiger partial charge in [-0.05, 0) is 84.4 Å². The number of carboxylic acid groups (broad SMARTS) is 1. The van der Waals surface area contributed by atoms with Crippen molar-refractivity contribution in [3.63, 3.8) is 0 Å². The lowest BCUT2D eigenvalue weighted by atomic mass is 9.99. The zero-order valence-electron chi connectivity index (χ0n) is 23.2. The number of allylic oxidation sites excluding steroid dienone is 3. The quantitative estimate of drug-likeness (QED) is 0.189. The van der Waals surface area contributed by atoms with Crippen molar-refractivity contribution >= 4 is 40.7 Å². The standard InChI is InChI=1S/C23H21ClF2O2S.C7H8.C3H6O2/c24-21-14-18(27)8-9-20(21)22(28)6-2-1-3-7-23-19(5-4-10-29-23)15-11-16(25)13-17(26)12-15;1-7-5-3-2-4-6-7;1-2-3(4)5/h4,8-14,27H,1-3,5-7H2;2-6H,1H3;2H2,1H3,(H,4,5). The van der Waals surface area contributed by atoms with Crippen LogP contribution < -0.4 is 0 Å². The lowest BCUT2D eigenvalue weighted by Crippen LogP contribution is -2.00. The Bertz CT molecular complexity index is 1340. The van der Waals surface area contributed by atoms with Gasteiger partial charge in [-0.1, -0.05) is 66.9 Å². The molecular formula is C33H35ClF2O4S. The third-order valence-electron chi connectivity index (χ3n) is 5.98. The van der Waals surface area contributed by atoms with E-state index in [9.17, 15) is 23.5 Å². The van der Waals surface area contributed by atoms with Crippen LogP contribution in [0.15, 0.2) is 83.1 Å². The number of aryl methyl sites for hydroxylation is 1. The molecule has 0 fully saturated rings. The summed E-state index contributed by atoms with van der Waals surface area (Å²) >= 11 is 7.60. The number of hydrogen-bond acceptors (Lipinski definition) is 4. The first-order valence-corrected chi connectivity index (χ1v) is 14.6. The molecule has 4 nitrogen and oxygen atoms in total. The molecule has 218 valence electrons. The second-order valence-corrected chi connectivity index (χ2v) is 10.7. The number of carbonyl (C=O) groups excluding carboxylic acids is 1. The van der Waals surface area contributed by atoms with Crippen LogP contribution in [0.4, 0.5) is 8.78 Å². The van der Waals surface area contributed by atoms with Crippen molar-refractivity contribution in [1.29, 1.82) is 0 Å². The summed E-state index contributed by atoms with van der Waals surface area (Å²) in [6.07, 6.45) is 6.53. The van der Waals surface area contributed by atoms with E-state index in [1.165, 1.54) is 29.8 Å². The molecule has 3 aromatic rings. The van der Waals surface area contributed by atoms with Gasteiger partial charge in [0.2, 0.25) is 0 Å².